The molecule has 0 saturated carbocycles. The van der Waals surface area contributed by atoms with E-state index in [9.17, 15) is 39.9 Å². The van der Waals surface area contributed by atoms with Crippen LogP contribution in [0.3, 0.4) is 0 Å². The van der Waals surface area contributed by atoms with Crippen molar-refractivity contribution in [1.82, 2.24) is 4.90 Å². The first kappa shape index (κ1) is 27.5. The Kier molecular flexibility index (Phi) is 7.65. The van der Waals surface area contributed by atoms with Gasteiger partial charge in [0.05, 0.1) is 5.25 Å². The van der Waals surface area contributed by atoms with E-state index in [4.69, 9.17) is 0 Å². The molecule has 2 aromatic rings. The highest BCUT2D eigenvalue weighted by molar-refractivity contribution is 7.91. The molecule has 4 nitrogen and oxygen atoms in total. The van der Waals surface area contributed by atoms with Gasteiger partial charge in [-0.05, 0) is 54.6 Å². The molecule has 2 aromatic carbocycles. The molecule has 11 heteroatoms. The number of benzene rings is 2. The molecule has 1 saturated heterocycles. The summed E-state index contributed by atoms with van der Waals surface area (Å²) in [7, 11) is -3.07. The van der Waals surface area contributed by atoms with E-state index in [2.05, 4.69) is 4.90 Å². The molecule has 194 valence electrons. The lowest BCUT2D eigenvalue weighted by Crippen LogP contribution is -2.53. The molecular weight excluding hydrogens is 496 g/mol. The highest BCUT2D eigenvalue weighted by atomic mass is 32.2. The fraction of sp³-hybridized carbons (Fsp3) is 0.500. The number of hydrogen-bond acceptors (Lipinski definition) is 4. The Labute approximate surface area is 200 Å². The van der Waals surface area contributed by atoms with Crippen LogP contribution in [-0.4, -0.2) is 55.4 Å². The number of alkyl halides is 6. The number of likely N-dealkylation sites (tertiary alicyclic amines) is 1. The quantitative estimate of drug-likeness (QED) is 0.527. The molecule has 1 N–H and O–H groups in total. The van der Waals surface area contributed by atoms with Crippen LogP contribution in [0.15, 0.2) is 42.5 Å². The summed E-state index contributed by atoms with van der Waals surface area (Å²) in [5, 5.41) is 9.25. The molecule has 0 aromatic heterocycles. The van der Waals surface area contributed by atoms with E-state index in [-0.39, 0.29) is 5.25 Å². The zero-order chi connectivity index (χ0) is 26.2. The minimum atomic E-state index is -5.93. The highest BCUT2D eigenvalue weighted by Crippen LogP contribution is 2.50. The fourth-order valence-corrected chi connectivity index (χ4v) is 5.52. The third-order valence-electron chi connectivity index (χ3n) is 6.53. The summed E-state index contributed by atoms with van der Waals surface area (Å²) in [6.45, 7) is 3.78. The molecule has 1 fully saturated rings. The van der Waals surface area contributed by atoms with Crippen molar-refractivity contribution in [3.8, 4) is 11.1 Å². The molecule has 0 radical (unpaired) electrons. The SMILES string of the molecule is CCc1cc(CN2CCC(S(C)(=O)=O)CC2)ccc1-c1ccc(C(O)(C(F)(F)F)C(F)(F)F)cc1. The lowest BCUT2D eigenvalue weighted by atomic mass is 9.89. The smallest absolute Gasteiger partial charge is 0.369 e. The Bertz CT molecular complexity index is 1120. The second-order valence-corrected chi connectivity index (χ2v) is 11.3. The first-order valence-corrected chi connectivity index (χ1v) is 13.0. The van der Waals surface area contributed by atoms with Crippen molar-refractivity contribution in [3.05, 3.63) is 59.2 Å². The fourth-order valence-electron chi connectivity index (χ4n) is 4.45. The van der Waals surface area contributed by atoms with Crippen LogP contribution < -0.4 is 0 Å². The van der Waals surface area contributed by atoms with Crippen molar-refractivity contribution >= 4 is 9.84 Å². The van der Waals surface area contributed by atoms with Crippen LogP contribution in [0.2, 0.25) is 0 Å². The van der Waals surface area contributed by atoms with E-state index in [1.54, 1.807) is 6.07 Å². The normalized spacial score (nSPS) is 17.1. The van der Waals surface area contributed by atoms with Gasteiger partial charge in [0, 0.05) is 18.4 Å². The predicted molar refractivity (Wildman–Crippen MR) is 120 cm³/mol. The van der Waals surface area contributed by atoms with Crippen molar-refractivity contribution in [2.75, 3.05) is 19.3 Å². The summed E-state index contributed by atoms with van der Waals surface area (Å²) >= 11 is 0. The second kappa shape index (κ2) is 9.74. The topological polar surface area (TPSA) is 57.6 Å². The number of nitrogens with zero attached hydrogens (tertiary/aromatic N) is 1. The molecule has 1 heterocycles. The van der Waals surface area contributed by atoms with Crippen LogP contribution in [0.25, 0.3) is 11.1 Å². The second-order valence-electron chi connectivity index (χ2n) is 8.93. The lowest BCUT2D eigenvalue weighted by molar-refractivity contribution is -0.376. The Morgan fingerprint density at radius 2 is 1.49 bits per heavy atom. The third kappa shape index (κ3) is 5.67. The zero-order valence-electron chi connectivity index (χ0n) is 19.2. The van der Waals surface area contributed by atoms with E-state index in [1.807, 2.05) is 19.1 Å². The predicted octanol–water partition coefficient (Wildman–Crippen LogP) is 5.24. The van der Waals surface area contributed by atoms with E-state index in [1.165, 1.54) is 6.26 Å². The highest BCUT2D eigenvalue weighted by Gasteiger charge is 2.71. The summed E-state index contributed by atoms with van der Waals surface area (Å²) in [6.07, 6.45) is -8.91. The summed E-state index contributed by atoms with van der Waals surface area (Å²) in [4.78, 5) is 2.15. The van der Waals surface area contributed by atoms with Gasteiger partial charge in [0.25, 0.3) is 5.60 Å². The van der Waals surface area contributed by atoms with E-state index < -0.39 is 33.4 Å². The molecule has 0 atom stereocenters. The molecule has 3 rings (SSSR count). The summed E-state index contributed by atoms with van der Waals surface area (Å²) < 4.78 is 102. The van der Waals surface area contributed by atoms with Gasteiger partial charge in [-0.3, -0.25) is 4.90 Å². The van der Waals surface area contributed by atoms with Crippen molar-refractivity contribution in [2.24, 2.45) is 0 Å². The van der Waals surface area contributed by atoms with Crippen LogP contribution in [0.1, 0.15) is 36.5 Å². The van der Waals surface area contributed by atoms with Crippen LogP contribution in [0.4, 0.5) is 26.3 Å². The van der Waals surface area contributed by atoms with Gasteiger partial charge in [-0.2, -0.15) is 26.3 Å². The molecule has 0 unspecified atom stereocenters. The van der Waals surface area contributed by atoms with E-state index in [0.717, 1.165) is 23.3 Å². The number of hydrogen-bond donors (Lipinski definition) is 1. The molecule has 0 amide bonds. The monoisotopic (exact) mass is 523 g/mol. The van der Waals surface area contributed by atoms with Crippen LogP contribution in [0.5, 0.6) is 0 Å². The first-order valence-electron chi connectivity index (χ1n) is 11.1. The van der Waals surface area contributed by atoms with E-state index in [0.29, 0.717) is 62.2 Å². The van der Waals surface area contributed by atoms with Crippen molar-refractivity contribution in [2.45, 2.75) is 55.9 Å². The number of aliphatic hydroxyl groups is 1. The van der Waals surface area contributed by atoms with Crippen LogP contribution in [0, 0.1) is 0 Å². The molecule has 1 aliphatic heterocycles. The maximum atomic E-state index is 13.1. The van der Waals surface area contributed by atoms with Crippen molar-refractivity contribution in [1.29, 1.82) is 0 Å². The summed E-state index contributed by atoms with van der Waals surface area (Å²) in [5.41, 5.74) is -3.32. The number of sulfone groups is 1. The Hall–Kier alpha value is -2.11. The molecule has 0 aliphatic carbocycles. The Morgan fingerprint density at radius 3 is 1.94 bits per heavy atom. The average molecular weight is 524 g/mol. The van der Waals surface area contributed by atoms with Gasteiger partial charge in [0.2, 0.25) is 0 Å². The van der Waals surface area contributed by atoms with Crippen LogP contribution >= 0.6 is 0 Å². The molecular formula is C24H27F6NO3S. The molecule has 35 heavy (non-hydrogen) atoms. The van der Waals surface area contributed by atoms with Crippen molar-refractivity contribution in [3.63, 3.8) is 0 Å². The first-order chi connectivity index (χ1) is 16.1. The van der Waals surface area contributed by atoms with Gasteiger partial charge in [-0.15, -0.1) is 0 Å². The Morgan fingerprint density at radius 1 is 0.943 bits per heavy atom. The summed E-state index contributed by atoms with van der Waals surface area (Å²) in [6, 6.07) is 9.13. The molecule has 1 aliphatic rings. The minimum absolute atomic E-state index is 0.331. The molecule has 0 bridgehead atoms. The number of rotatable bonds is 6. The Balaban J connectivity index is 1.81. The van der Waals surface area contributed by atoms with Gasteiger partial charge in [0.1, 0.15) is 9.84 Å². The van der Waals surface area contributed by atoms with Gasteiger partial charge in [-0.1, -0.05) is 49.4 Å². The van der Waals surface area contributed by atoms with E-state index >= 15 is 0 Å². The van der Waals surface area contributed by atoms with Gasteiger partial charge < -0.3 is 5.11 Å². The summed E-state index contributed by atoms with van der Waals surface area (Å²) in [5.74, 6) is 0. The van der Waals surface area contributed by atoms with Gasteiger partial charge in [-0.25, -0.2) is 8.42 Å². The lowest BCUT2D eigenvalue weighted by Gasteiger charge is -2.32. The standard InChI is InChI=1S/C24H27F6NO3S/c1-3-17-14-16(15-31-12-10-20(11-13-31)35(2,33)34)4-9-21(17)18-5-7-19(8-6-18)22(32,23(25,26)27)24(28,29)30/h4-9,14,20,32H,3,10-13,15H2,1-2H3. The maximum absolute atomic E-state index is 13.1. The number of halogens is 6. The molecule has 0 spiro atoms. The largest absolute Gasteiger partial charge is 0.430 e. The van der Waals surface area contributed by atoms with Gasteiger partial charge >= 0.3 is 12.4 Å². The van der Waals surface area contributed by atoms with Gasteiger partial charge in [0.15, 0.2) is 0 Å². The number of piperidine rings is 1. The average Bonchev–Trinajstić information content (AvgIpc) is 2.77. The number of aryl methyl sites for hydroxylation is 1. The minimum Gasteiger partial charge on any atom is -0.369 e. The third-order valence-corrected chi connectivity index (χ3v) is 8.21. The van der Waals surface area contributed by atoms with Crippen LogP contribution in [-0.2, 0) is 28.4 Å². The van der Waals surface area contributed by atoms with Crippen molar-refractivity contribution < 1.29 is 39.9 Å². The zero-order valence-corrected chi connectivity index (χ0v) is 20.1. The maximum Gasteiger partial charge on any atom is 0.430 e.